The van der Waals surface area contributed by atoms with E-state index in [1.165, 1.54) is 0 Å². The Morgan fingerprint density at radius 2 is 1.73 bits per heavy atom. The lowest BCUT2D eigenvalue weighted by atomic mass is 9.96. The number of aldehydes is 1. The van der Waals surface area contributed by atoms with E-state index in [4.69, 9.17) is 0 Å². The average Bonchev–Trinajstić information content (AvgIpc) is 2.05. The molecule has 0 radical (unpaired) electrons. The van der Waals surface area contributed by atoms with Gasteiger partial charge in [0.25, 0.3) is 5.78 Å². The Morgan fingerprint density at radius 1 is 1.27 bits per heavy atom. The molecule has 3 heteroatoms. The maximum absolute atomic E-state index is 11.0. The van der Waals surface area contributed by atoms with Crippen LogP contribution in [0.5, 0.6) is 0 Å². The molecule has 0 rings (SSSR count). The number of carbonyl (C=O) groups is 3. The topological polar surface area (TPSA) is 51.2 Å². The molecule has 0 aliphatic carbocycles. The summed E-state index contributed by atoms with van der Waals surface area (Å²) in [4.78, 5) is 31.4. The van der Waals surface area contributed by atoms with Crippen molar-refractivity contribution in [1.82, 2.24) is 0 Å². The Hall–Kier alpha value is -0.990. The maximum Gasteiger partial charge on any atom is 0.261 e. The van der Waals surface area contributed by atoms with E-state index >= 15 is 0 Å². The molecule has 0 bridgehead atoms. The molecule has 0 aromatic heterocycles. The van der Waals surface area contributed by atoms with Crippen LogP contribution >= 0.6 is 0 Å². The second kappa shape index (κ2) is 4.77. The van der Waals surface area contributed by atoms with Crippen molar-refractivity contribution in [2.24, 2.45) is 5.92 Å². The summed E-state index contributed by atoms with van der Waals surface area (Å²) in [5.41, 5.74) is 0. The van der Waals surface area contributed by atoms with Gasteiger partial charge in [0.15, 0.2) is 6.29 Å². The predicted octanol–water partition coefficient (Wildman–Crippen LogP) is 0.760. The Bertz CT molecular complexity index is 168. The fraction of sp³-hybridized carbons (Fsp3) is 0.625. The molecule has 0 atom stereocenters. The van der Waals surface area contributed by atoms with Crippen molar-refractivity contribution in [1.29, 1.82) is 0 Å². The molecule has 0 aliphatic rings. The van der Waals surface area contributed by atoms with E-state index < -0.39 is 11.6 Å². The number of ketones is 2. The van der Waals surface area contributed by atoms with E-state index in [0.717, 1.165) is 0 Å². The van der Waals surface area contributed by atoms with Gasteiger partial charge in [-0.2, -0.15) is 0 Å². The second-order valence-corrected chi connectivity index (χ2v) is 2.36. The summed E-state index contributed by atoms with van der Waals surface area (Å²) in [6, 6.07) is 0. The van der Waals surface area contributed by atoms with Crippen LogP contribution in [0.2, 0.25) is 0 Å². The van der Waals surface area contributed by atoms with Gasteiger partial charge in [-0.25, -0.2) is 0 Å². The van der Waals surface area contributed by atoms with Gasteiger partial charge in [-0.3, -0.25) is 14.4 Å². The zero-order valence-electron chi connectivity index (χ0n) is 6.79. The minimum absolute atomic E-state index is 0.0840. The molecule has 0 aromatic carbocycles. The number of hydrogen-bond donors (Lipinski definition) is 0. The van der Waals surface area contributed by atoms with Crippen LogP contribution in [-0.4, -0.2) is 17.9 Å². The van der Waals surface area contributed by atoms with Crippen molar-refractivity contribution in [2.75, 3.05) is 0 Å². The Morgan fingerprint density at radius 3 is 2.00 bits per heavy atom. The molecule has 62 valence electrons. The molecule has 0 heterocycles. The Kier molecular flexibility index (Phi) is 4.34. The number of rotatable bonds is 5. The van der Waals surface area contributed by atoms with Crippen LogP contribution in [0, 0.1) is 5.92 Å². The molecule has 11 heavy (non-hydrogen) atoms. The highest BCUT2D eigenvalue weighted by Crippen LogP contribution is 2.08. The number of carbonyl (C=O) groups excluding carboxylic acids is 3. The molecular formula is C8H12O3. The van der Waals surface area contributed by atoms with Gasteiger partial charge < -0.3 is 0 Å². The molecule has 0 amide bonds. The lowest BCUT2D eigenvalue weighted by Gasteiger charge is -2.05. The summed E-state index contributed by atoms with van der Waals surface area (Å²) in [6.07, 6.45) is 1.32. The summed E-state index contributed by atoms with van der Waals surface area (Å²) < 4.78 is 0. The third kappa shape index (κ3) is 2.62. The van der Waals surface area contributed by atoms with Crippen molar-refractivity contribution in [3.8, 4) is 0 Å². The Balaban J connectivity index is 4.20. The highest BCUT2D eigenvalue weighted by Gasteiger charge is 2.20. The molecule has 0 unspecified atom stereocenters. The van der Waals surface area contributed by atoms with Gasteiger partial charge >= 0.3 is 0 Å². The SMILES string of the molecule is CCC(CC)C(=O)C(=O)C=O. The van der Waals surface area contributed by atoms with Crippen molar-refractivity contribution in [2.45, 2.75) is 26.7 Å². The third-order valence-corrected chi connectivity index (χ3v) is 1.71. The Labute approximate surface area is 65.8 Å². The minimum Gasteiger partial charge on any atom is -0.294 e. The van der Waals surface area contributed by atoms with Gasteiger partial charge in [0.1, 0.15) is 0 Å². The van der Waals surface area contributed by atoms with Crippen molar-refractivity contribution in [3.63, 3.8) is 0 Å². The monoisotopic (exact) mass is 156 g/mol. The van der Waals surface area contributed by atoms with Crippen LogP contribution in [-0.2, 0) is 14.4 Å². The maximum atomic E-state index is 11.0. The summed E-state index contributed by atoms with van der Waals surface area (Å²) in [6.45, 7) is 3.65. The standard InChI is InChI=1S/C8H12O3/c1-3-6(4-2)8(11)7(10)5-9/h5-6H,3-4H2,1-2H3. The van der Waals surface area contributed by atoms with E-state index in [1.807, 2.05) is 13.8 Å². The van der Waals surface area contributed by atoms with Gasteiger partial charge in [0.05, 0.1) is 0 Å². The largest absolute Gasteiger partial charge is 0.294 e. The van der Waals surface area contributed by atoms with E-state index in [0.29, 0.717) is 12.8 Å². The first kappa shape index (κ1) is 10.0. The highest BCUT2D eigenvalue weighted by atomic mass is 16.2. The third-order valence-electron chi connectivity index (χ3n) is 1.71. The van der Waals surface area contributed by atoms with Crippen LogP contribution in [0.3, 0.4) is 0 Å². The lowest BCUT2D eigenvalue weighted by molar-refractivity contribution is -0.142. The fourth-order valence-corrected chi connectivity index (χ4v) is 0.919. The average molecular weight is 156 g/mol. The smallest absolute Gasteiger partial charge is 0.261 e. The summed E-state index contributed by atoms with van der Waals surface area (Å²) >= 11 is 0. The van der Waals surface area contributed by atoms with Crippen molar-refractivity contribution in [3.05, 3.63) is 0 Å². The normalized spacial score (nSPS) is 9.73. The van der Waals surface area contributed by atoms with Crippen LogP contribution in [0.4, 0.5) is 0 Å². The molecule has 0 saturated heterocycles. The number of hydrogen-bond acceptors (Lipinski definition) is 3. The first-order chi connectivity index (χ1) is 5.17. The van der Waals surface area contributed by atoms with Crippen LogP contribution in [0.25, 0.3) is 0 Å². The van der Waals surface area contributed by atoms with Crippen LogP contribution < -0.4 is 0 Å². The molecule has 0 aromatic rings. The van der Waals surface area contributed by atoms with E-state index in [1.54, 1.807) is 0 Å². The highest BCUT2D eigenvalue weighted by molar-refractivity contribution is 6.58. The molecule has 0 saturated carbocycles. The second-order valence-electron chi connectivity index (χ2n) is 2.36. The van der Waals surface area contributed by atoms with Gasteiger partial charge in [0, 0.05) is 5.92 Å². The summed E-state index contributed by atoms with van der Waals surface area (Å²) in [7, 11) is 0. The number of Topliss-reactive ketones (excluding diaryl/α,β-unsaturated/α-hetero) is 2. The van der Waals surface area contributed by atoms with Crippen LogP contribution in [0.15, 0.2) is 0 Å². The van der Waals surface area contributed by atoms with Gasteiger partial charge in [-0.05, 0) is 12.8 Å². The minimum atomic E-state index is -0.904. The van der Waals surface area contributed by atoms with Gasteiger partial charge in [0.2, 0.25) is 5.78 Å². The van der Waals surface area contributed by atoms with Crippen molar-refractivity contribution >= 4 is 17.9 Å². The van der Waals surface area contributed by atoms with Gasteiger partial charge in [-0.15, -0.1) is 0 Å². The predicted molar refractivity (Wildman–Crippen MR) is 40.2 cm³/mol. The van der Waals surface area contributed by atoms with E-state index in [2.05, 4.69) is 0 Å². The molecular weight excluding hydrogens is 144 g/mol. The molecule has 0 spiro atoms. The first-order valence-electron chi connectivity index (χ1n) is 3.70. The van der Waals surface area contributed by atoms with E-state index in [9.17, 15) is 14.4 Å². The molecule has 0 fully saturated rings. The fourth-order valence-electron chi connectivity index (χ4n) is 0.919. The zero-order chi connectivity index (χ0) is 8.85. The zero-order valence-corrected chi connectivity index (χ0v) is 6.79. The lowest BCUT2D eigenvalue weighted by Crippen LogP contribution is -2.23. The van der Waals surface area contributed by atoms with Crippen molar-refractivity contribution < 1.29 is 14.4 Å². The molecule has 0 N–H and O–H groups in total. The summed E-state index contributed by atoms with van der Waals surface area (Å²) in [5.74, 6) is -1.73. The van der Waals surface area contributed by atoms with Crippen LogP contribution in [0.1, 0.15) is 26.7 Å². The van der Waals surface area contributed by atoms with E-state index in [-0.39, 0.29) is 12.2 Å². The molecule has 3 nitrogen and oxygen atoms in total. The van der Waals surface area contributed by atoms with Gasteiger partial charge in [-0.1, -0.05) is 13.8 Å². The summed E-state index contributed by atoms with van der Waals surface area (Å²) in [5, 5.41) is 0. The first-order valence-corrected chi connectivity index (χ1v) is 3.70. The molecule has 0 aliphatic heterocycles. The quantitative estimate of drug-likeness (QED) is 0.335.